The fourth-order valence-electron chi connectivity index (χ4n) is 9.01. The number of rotatable bonds is 3. The first-order valence-electron chi connectivity index (χ1n) is 18.7. The second-order valence-electron chi connectivity index (χ2n) is 14.4. The summed E-state index contributed by atoms with van der Waals surface area (Å²) >= 11 is 0. The molecule has 3 nitrogen and oxygen atoms in total. The molecular weight excluding hydrogens is 669 g/mol. The maximum absolute atomic E-state index is 6.85. The minimum absolute atomic E-state index is 0.673. The van der Waals surface area contributed by atoms with Gasteiger partial charge >= 0.3 is 0 Å². The van der Waals surface area contributed by atoms with Crippen molar-refractivity contribution in [3.05, 3.63) is 182 Å². The normalized spacial score (nSPS) is 12.0. The molecule has 0 saturated heterocycles. The van der Waals surface area contributed by atoms with E-state index >= 15 is 0 Å². The Hall–Kier alpha value is -7.36. The van der Waals surface area contributed by atoms with Crippen LogP contribution in [0.25, 0.3) is 120 Å². The lowest BCUT2D eigenvalue weighted by molar-refractivity contribution is 0.673. The Labute approximate surface area is 315 Å². The van der Waals surface area contributed by atoms with E-state index in [0.29, 0.717) is 5.82 Å². The molecule has 0 bridgehead atoms. The molecule has 0 aliphatic carbocycles. The van der Waals surface area contributed by atoms with Crippen LogP contribution in [0, 0.1) is 0 Å². The van der Waals surface area contributed by atoms with E-state index in [-0.39, 0.29) is 0 Å². The van der Waals surface area contributed by atoms with Crippen LogP contribution in [0.15, 0.2) is 187 Å². The van der Waals surface area contributed by atoms with E-state index in [0.717, 1.165) is 65.7 Å². The highest BCUT2D eigenvalue weighted by atomic mass is 16.3. The molecule has 3 heteroatoms. The topological polar surface area (TPSA) is 38.9 Å². The van der Waals surface area contributed by atoms with Crippen molar-refractivity contribution in [2.45, 2.75) is 0 Å². The zero-order chi connectivity index (χ0) is 36.0. The molecule has 0 radical (unpaired) electrons. The highest BCUT2D eigenvalue weighted by Gasteiger charge is 2.22. The molecule has 0 fully saturated rings. The highest BCUT2D eigenvalue weighted by Crippen LogP contribution is 2.46. The van der Waals surface area contributed by atoms with Crippen molar-refractivity contribution in [2.24, 2.45) is 0 Å². The number of fused-ring (bicyclic) bond motifs is 15. The first-order valence-corrected chi connectivity index (χ1v) is 18.7. The monoisotopic (exact) mass is 698 g/mol. The fourth-order valence-corrected chi connectivity index (χ4v) is 9.01. The molecule has 55 heavy (non-hydrogen) atoms. The molecule has 0 aliphatic rings. The van der Waals surface area contributed by atoms with Crippen molar-refractivity contribution in [3.8, 4) is 33.6 Å². The van der Waals surface area contributed by atoms with Crippen LogP contribution in [0.2, 0.25) is 0 Å². The number of furan rings is 1. The van der Waals surface area contributed by atoms with Crippen LogP contribution in [0.1, 0.15) is 0 Å². The summed E-state index contributed by atoms with van der Waals surface area (Å²) in [7, 11) is 0. The highest BCUT2D eigenvalue weighted by molar-refractivity contribution is 6.34. The summed E-state index contributed by atoms with van der Waals surface area (Å²) in [5.74, 6) is 0.673. The van der Waals surface area contributed by atoms with Gasteiger partial charge in [0, 0.05) is 38.7 Å². The largest absolute Gasteiger partial charge is 0.455 e. The van der Waals surface area contributed by atoms with Gasteiger partial charge in [0.2, 0.25) is 0 Å². The summed E-state index contributed by atoms with van der Waals surface area (Å²) in [6.45, 7) is 0. The van der Waals surface area contributed by atoms with Crippen LogP contribution in [-0.4, -0.2) is 9.97 Å². The molecule has 0 saturated carbocycles. The number of nitrogens with zero attached hydrogens (tertiary/aromatic N) is 2. The van der Waals surface area contributed by atoms with Crippen molar-refractivity contribution < 1.29 is 4.42 Å². The Morgan fingerprint density at radius 2 is 1.02 bits per heavy atom. The Morgan fingerprint density at radius 1 is 0.364 bits per heavy atom. The number of benzene rings is 10. The van der Waals surface area contributed by atoms with Gasteiger partial charge in [-0.15, -0.1) is 0 Å². The van der Waals surface area contributed by atoms with Gasteiger partial charge in [0.15, 0.2) is 5.82 Å². The minimum atomic E-state index is 0.673. The molecule has 2 aromatic heterocycles. The van der Waals surface area contributed by atoms with Gasteiger partial charge in [0.1, 0.15) is 11.2 Å². The van der Waals surface area contributed by atoms with Crippen molar-refractivity contribution in [2.75, 3.05) is 0 Å². The predicted octanol–water partition coefficient (Wildman–Crippen LogP) is 14.3. The van der Waals surface area contributed by atoms with Crippen molar-refractivity contribution in [1.29, 1.82) is 0 Å². The lowest BCUT2D eigenvalue weighted by Crippen LogP contribution is -1.95. The van der Waals surface area contributed by atoms with Gasteiger partial charge in [0.25, 0.3) is 0 Å². The van der Waals surface area contributed by atoms with Crippen LogP contribution < -0.4 is 0 Å². The number of hydrogen-bond donors (Lipinski definition) is 0. The standard InChI is InChI=1S/C52H30N2O/c1-2-13-31(14-3-1)33-16-12-17-34(27-33)42-29-46-45(48-35-18-5-4-15-32(35)25-26-40(42)48)30-53-52(54-46)44-28-43-38-21-7-6-19-36(38)37-20-8-9-22-39(37)49(43)51-50(44)41-23-10-11-24-47(41)55-51/h1-30H. The Bertz CT molecular complexity index is 3550. The van der Waals surface area contributed by atoms with Gasteiger partial charge in [0.05, 0.1) is 5.52 Å². The van der Waals surface area contributed by atoms with Crippen LogP contribution in [0.3, 0.4) is 0 Å². The molecular formula is C52H30N2O. The van der Waals surface area contributed by atoms with Crippen LogP contribution in [-0.2, 0) is 0 Å². The van der Waals surface area contributed by atoms with E-state index in [1.165, 1.54) is 48.8 Å². The lowest BCUT2D eigenvalue weighted by Gasteiger charge is -2.15. The maximum atomic E-state index is 6.85. The van der Waals surface area contributed by atoms with E-state index in [4.69, 9.17) is 14.4 Å². The van der Waals surface area contributed by atoms with E-state index < -0.39 is 0 Å². The van der Waals surface area contributed by atoms with E-state index in [9.17, 15) is 0 Å². The third kappa shape index (κ3) is 4.44. The molecule has 2 heterocycles. The summed E-state index contributed by atoms with van der Waals surface area (Å²) in [6, 6.07) is 62.8. The number of para-hydroxylation sites is 1. The molecule has 0 unspecified atom stereocenters. The molecule has 254 valence electrons. The quantitative estimate of drug-likeness (QED) is 0.172. The fraction of sp³-hybridized carbons (Fsp3) is 0. The molecule has 0 atom stereocenters. The SMILES string of the molecule is c1ccc(-c2cccc(-c3cc4nc(-c5cc6c7ccccc7c7ccccc7c6c6oc7ccccc7c56)ncc4c4c3ccc3ccccc34)c2)cc1. The van der Waals surface area contributed by atoms with Crippen molar-refractivity contribution in [1.82, 2.24) is 9.97 Å². The van der Waals surface area contributed by atoms with Crippen LogP contribution >= 0.6 is 0 Å². The molecule has 0 amide bonds. The summed E-state index contributed by atoms with van der Waals surface area (Å²) in [5, 5.41) is 14.9. The second kappa shape index (κ2) is 11.6. The zero-order valence-electron chi connectivity index (χ0n) is 29.6. The summed E-state index contributed by atoms with van der Waals surface area (Å²) in [4.78, 5) is 10.7. The third-order valence-corrected chi connectivity index (χ3v) is 11.5. The Kier molecular flexibility index (Phi) is 6.34. The first-order chi connectivity index (χ1) is 27.3. The van der Waals surface area contributed by atoms with Gasteiger partial charge in [-0.05, 0) is 89.6 Å². The van der Waals surface area contributed by atoms with E-state index in [1.54, 1.807) is 0 Å². The van der Waals surface area contributed by atoms with Crippen molar-refractivity contribution >= 4 is 86.7 Å². The minimum Gasteiger partial charge on any atom is -0.455 e. The summed E-state index contributed by atoms with van der Waals surface area (Å²) in [6.07, 6.45) is 2.04. The molecule has 0 aliphatic heterocycles. The average Bonchev–Trinajstić information content (AvgIpc) is 3.65. The van der Waals surface area contributed by atoms with Gasteiger partial charge in [-0.2, -0.15) is 0 Å². The second-order valence-corrected chi connectivity index (χ2v) is 14.4. The average molecular weight is 699 g/mol. The molecule has 0 spiro atoms. The van der Waals surface area contributed by atoms with Gasteiger partial charge in [-0.25, -0.2) is 9.97 Å². The Balaban J connectivity index is 1.20. The molecule has 0 N–H and O–H groups in total. The van der Waals surface area contributed by atoms with Crippen LogP contribution in [0.5, 0.6) is 0 Å². The zero-order valence-corrected chi connectivity index (χ0v) is 29.6. The van der Waals surface area contributed by atoms with Gasteiger partial charge in [-0.3, -0.25) is 0 Å². The van der Waals surface area contributed by atoms with Gasteiger partial charge < -0.3 is 4.42 Å². The number of aromatic nitrogens is 2. The van der Waals surface area contributed by atoms with Crippen molar-refractivity contribution in [3.63, 3.8) is 0 Å². The molecule has 12 rings (SSSR count). The maximum Gasteiger partial charge on any atom is 0.160 e. The Morgan fingerprint density at radius 3 is 1.85 bits per heavy atom. The first kappa shape index (κ1) is 30.1. The molecule has 12 aromatic rings. The number of hydrogen-bond acceptors (Lipinski definition) is 3. The van der Waals surface area contributed by atoms with Crippen LogP contribution in [0.4, 0.5) is 0 Å². The predicted molar refractivity (Wildman–Crippen MR) is 231 cm³/mol. The smallest absolute Gasteiger partial charge is 0.160 e. The lowest BCUT2D eigenvalue weighted by atomic mass is 9.90. The molecule has 10 aromatic carbocycles. The summed E-state index contributed by atoms with van der Waals surface area (Å²) < 4.78 is 6.85. The van der Waals surface area contributed by atoms with E-state index in [2.05, 4.69) is 170 Å². The summed E-state index contributed by atoms with van der Waals surface area (Å²) in [5.41, 5.74) is 8.24. The third-order valence-electron chi connectivity index (χ3n) is 11.5. The van der Waals surface area contributed by atoms with E-state index in [1.807, 2.05) is 12.3 Å². The van der Waals surface area contributed by atoms with Gasteiger partial charge in [-0.1, -0.05) is 152 Å².